The van der Waals surface area contributed by atoms with E-state index in [0.717, 1.165) is 13.1 Å². The van der Waals surface area contributed by atoms with E-state index in [1.54, 1.807) is 0 Å². The first kappa shape index (κ1) is 9.66. The standard InChI is InChI=1S/C8H17NSi/c1-5-7-9(8-6-2)10(3)4/h5-6,10H,1-2,7-8H2,3-4H3. The van der Waals surface area contributed by atoms with Crippen molar-refractivity contribution in [3.05, 3.63) is 25.3 Å². The van der Waals surface area contributed by atoms with Crippen molar-refractivity contribution in [2.24, 2.45) is 0 Å². The van der Waals surface area contributed by atoms with Gasteiger partial charge in [0.2, 0.25) is 0 Å². The molecule has 0 aliphatic rings. The normalized spacial score (nSPS) is 10.4. The summed E-state index contributed by atoms with van der Waals surface area (Å²) < 4.78 is 2.43. The molecule has 0 aliphatic heterocycles. The van der Waals surface area contributed by atoms with Gasteiger partial charge in [-0.25, -0.2) is 0 Å². The van der Waals surface area contributed by atoms with Crippen LogP contribution in [0.1, 0.15) is 0 Å². The van der Waals surface area contributed by atoms with Crippen LogP contribution < -0.4 is 0 Å². The maximum absolute atomic E-state index is 3.71. The van der Waals surface area contributed by atoms with Gasteiger partial charge in [0.05, 0.1) is 0 Å². The lowest BCUT2D eigenvalue weighted by molar-refractivity contribution is 0.534. The van der Waals surface area contributed by atoms with E-state index in [4.69, 9.17) is 0 Å². The predicted molar refractivity (Wildman–Crippen MR) is 50.8 cm³/mol. The van der Waals surface area contributed by atoms with Crippen molar-refractivity contribution in [1.29, 1.82) is 0 Å². The molecule has 0 amide bonds. The number of hydrogen-bond acceptors (Lipinski definition) is 1. The highest BCUT2D eigenvalue weighted by Crippen LogP contribution is 1.93. The van der Waals surface area contributed by atoms with E-state index >= 15 is 0 Å². The second-order valence-corrected chi connectivity index (χ2v) is 5.54. The van der Waals surface area contributed by atoms with Crippen LogP contribution in [-0.4, -0.2) is 26.6 Å². The summed E-state index contributed by atoms with van der Waals surface area (Å²) in [4.78, 5) is 0. The first-order chi connectivity index (χ1) is 4.72. The predicted octanol–water partition coefficient (Wildman–Crippen LogP) is 1.64. The van der Waals surface area contributed by atoms with Crippen LogP contribution in [0.4, 0.5) is 0 Å². The zero-order valence-electron chi connectivity index (χ0n) is 7.01. The highest BCUT2D eigenvalue weighted by atomic mass is 28.3. The van der Waals surface area contributed by atoms with Gasteiger partial charge >= 0.3 is 0 Å². The molecule has 0 saturated carbocycles. The van der Waals surface area contributed by atoms with Crippen molar-refractivity contribution in [1.82, 2.24) is 4.57 Å². The molecule has 0 radical (unpaired) electrons. The Morgan fingerprint density at radius 3 is 1.80 bits per heavy atom. The molecule has 0 rings (SSSR count). The monoisotopic (exact) mass is 155 g/mol. The van der Waals surface area contributed by atoms with Gasteiger partial charge in [-0.2, -0.15) is 0 Å². The number of rotatable bonds is 5. The molecule has 2 heteroatoms. The third-order valence-electron chi connectivity index (χ3n) is 1.46. The van der Waals surface area contributed by atoms with Crippen LogP contribution in [0.3, 0.4) is 0 Å². The lowest BCUT2D eigenvalue weighted by Gasteiger charge is -2.21. The first-order valence-electron chi connectivity index (χ1n) is 3.68. The Hall–Kier alpha value is -0.343. The molecule has 58 valence electrons. The molecule has 0 bridgehead atoms. The van der Waals surface area contributed by atoms with Crippen LogP contribution >= 0.6 is 0 Å². The molecule has 0 atom stereocenters. The van der Waals surface area contributed by atoms with Gasteiger partial charge in [-0.05, 0) is 0 Å². The topological polar surface area (TPSA) is 3.24 Å². The molecule has 0 fully saturated rings. The fourth-order valence-electron chi connectivity index (χ4n) is 0.828. The smallest absolute Gasteiger partial charge is 0.106 e. The number of hydrogen-bond donors (Lipinski definition) is 0. The van der Waals surface area contributed by atoms with Gasteiger partial charge in [0, 0.05) is 13.1 Å². The maximum Gasteiger partial charge on any atom is 0.106 e. The Balaban J connectivity index is 3.70. The minimum absolute atomic E-state index is 0.630. The van der Waals surface area contributed by atoms with Crippen LogP contribution in [0.5, 0.6) is 0 Å². The van der Waals surface area contributed by atoms with Crippen LogP contribution in [-0.2, 0) is 0 Å². The average molecular weight is 155 g/mol. The highest BCUT2D eigenvalue weighted by Gasteiger charge is 2.04. The molecule has 0 aliphatic carbocycles. The van der Waals surface area contributed by atoms with E-state index in [0.29, 0.717) is 0 Å². The van der Waals surface area contributed by atoms with Crippen LogP contribution in [0, 0.1) is 0 Å². The van der Waals surface area contributed by atoms with E-state index in [1.807, 2.05) is 12.2 Å². The molecule has 0 heterocycles. The maximum atomic E-state index is 3.71. The summed E-state index contributed by atoms with van der Waals surface area (Å²) >= 11 is 0. The zero-order chi connectivity index (χ0) is 7.98. The SMILES string of the molecule is C=CCN(CC=C)[SiH](C)C. The average Bonchev–Trinajstić information content (AvgIpc) is 1.87. The summed E-state index contributed by atoms with van der Waals surface area (Å²) in [5, 5.41) is 0. The molecule has 0 aromatic heterocycles. The molecule has 0 spiro atoms. The van der Waals surface area contributed by atoms with Gasteiger partial charge in [0.25, 0.3) is 0 Å². The van der Waals surface area contributed by atoms with Crippen LogP contribution in [0.15, 0.2) is 25.3 Å². The Labute approximate surface area is 65.7 Å². The second-order valence-electron chi connectivity index (χ2n) is 2.63. The molecule has 10 heavy (non-hydrogen) atoms. The Kier molecular flexibility index (Phi) is 5.26. The van der Waals surface area contributed by atoms with Crippen molar-refractivity contribution < 1.29 is 0 Å². The van der Waals surface area contributed by atoms with Gasteiger partial charge in [0.15, 0.2) is 0 Å². The summed E-state index contributed by atoms with van der Waals surface area (Å²) in [5.41, 5.74) is 0. The molecule has 0 unspecified atom stereocenters. The third kappa shape index (κ3) is 3.64. The lowest BCUT2D eigenvalue weighted by Crippen LogP contribution is -2.34. The summed E-state index contributed by atoms with van der Waals surface area (Å²) in [6.45, 7) is 14.1. The van der Waals surface area contributed by atoms with E-state index < -0.39 is 8.96 Å². The van der Waals surface area contributed by atoms with E-state index in [9.17, 15) is 0 Å². The lowest BCUT2D eigenvalue weighted by atomic mass is 10.5. The summed E-state index contributed by atoms with van der Waals surface area (Å²) in [7, 11) is -0.630. The first-order valence-corrected chi connectivity index (χ1v) is 6.50. The molecular formula is C8H17NSi. The van der Waals surface area contributed by atoms with Crippen molar-refractivity contribution in [2.45, 2.75) is 13.1 Å². The van der Waals surface area contributed by atoms with Crippen LogP contribution in [0.25, 0.3) is 0 Å². The molecular weight excluding hydrogens is 138 g/mol. The number of nitrogens with zero attached hydrogens (tertiary/aromatic N) is 1. The summed E-state index contributed by atoms with van der Waals surface area (Å²) in [6.07, 6.45) is 3.91. The molecule has 0 aromatic carbocycles. The van der Waals surface area contributed by atoms with Gasteiger partial charge in [-0.15, -0.1) is 13.2 Å². The van der Waals surface area contributed by atoms with Gasteiger partial charge in [0.1, 0.15) is 8.96 Å². The van der Waals surface area contributed by atoms with Gasteiger partial charge in [-0.3, -0.25) is 0 Å². The summed E-state index contributed by atoms with van der Waals surface area (Å²) in [6, 6.07) is 0. The van der Waals surface area contributed by atoms with E-state index in [-0.39, 0.29) is 0 Å². The van der Waals surface area contributed by atoms with Crippen molar-refractivity contribution in [3.63, 3.8) is 0 Å². The van der Waals surface area contributed by atoms with Crippen molar-refractivity contribution >= 4 is 8.96 Å². The zero-order valence-corrected chi connectivity index (χ0v) is 8.16. The van der Waals surface area contributed by atoms with Gasteiger partial charge < -0.3 is 4.57 Å². The Morgan fingerprint density at radius 1 is 1.20 bits per heavy atom. The molecule has 1 nitrogen and oxygen atoms in total. The van der Waals surface area contributed by atoms with E-state index in [1.165, 1.54) is 0 Å². The highest BCUT2D eigenvalue weighted by molar-refractivity contribution is 6.52. The van der Waals surface area contributed by atoms with E-state index in [2.05, 4.69) is 30.8 Å². The molecule has 0 N–H and O–H groups in total. The third-order valence-corrected chi connectivity index (χ3v) is 3.34. The van der Waals surface area contributed by atoms with Gasteiger partial charge in [-0.1, -0.05) is 25.2 Å². The Bertz CT molecular complexity index is 99.8. The Morgan fingerprint density at radius 2 is 1.60 bits per heavy atom. The fraction of sp³-hybridized carbons (Fsp3) is 0.500. The largest absolute Gasteiger partial charge is 0.320 e. The quantitative estimate of drug-likeness (QED) is 0.431. The molecule has 0 saturated heterocycles. The van der Waals surface area contributed by atoms with Crippen molar-refractivity contribution in [2.75, 3.05) is 13.1 Å². The molecule has 0 aromatic rings. The second kappa shape index (κ2) is 5.44. The minimum atomic E-state index is -0.630. The van der Waals surface area contributed by atoms with Crippen LogP contribution in [0.2, 0.25) is 13.1 Å². The minimum Gasteiger partial charge on any atom is -0.320 e. The fourth-order valence-corrected chi connectivity index (χ4v) is 1.97. The summed E-state index contributed by atoms with van der Waals surface area (Å²) in [5.74, 6) is 0. The van der Waals surface area contributed by atoms with Crippen molar-refractivity contribution in [3.8, 4) is 0 Å².